The van der Waals surface area contributed by atoms with E-state index in [1.807, 2.05) is 32.0 Å². The van der Waals surface area contributed by atoms with E-state index < -0.39 is 4.92 Å². The molecule has 0 aliphatic carbocycles. The average Bonchev–Trinajstić information content (AvgIpc) is 2.40. The van der Waals surface area contributed by atoms with E-state index in [-0.39, 0.29) is 5.69 Å². The van der Waals surface area contributed by atoms with E-state index in [1.54, 1.807) is 18.2 Å². The number of para-hydroxylation sites is 2. The molecule has 2 rings (SSSR count). The molecule has 0 amide bonds. The number of nitro groups is 1. The molecule has 0 aliphatic rings. The van der Waals surface area contributed by atoms with Gasteiger partial charge in [0.15, 0.2) is 5.75 Å². The molecule has 2 aromatic rings. The monoisotopic (exact) mass is 257 g/mol. The summed E-state index contributed by atoms with van der Waals surface area (Å²) in [5.74, 6) is 0.299. The Morgan fingerprint density at radius 1 is 1.16 bits per heavy atom. The minimum Gasteiger partial charge on any atom is -0.482 e. The fourth-order valence-corrected chi connectivity index (χ4v) is 1.84. The van der Waals surface area contributed by atoms with Gasteiger partial charge in [0.05, 0.1) is 4.92 Å². The number of benzene rings is 2. The smallest absolute Gasteiger partial charge is 0.310 e. The lowest BCUT2D eigenvalue weighted by Crippen LogP contribution is -2.00. The largest absolute Gasteiger partial charge is 0.482 e. The zero-order valence-corrected chi connectivity index (χ0v) is 10.9. The molecule has 0 N–H and O–H groups in total. The van der Waals surface area contributed by atoms with Crippen molar-refractivity contribution in [2.24, 2.45) is 0 Å². The maximum absolute atomic E-state index is 10.9. The molecule has 0 radical (unpaired) electrons. The van der Waals surface area contributed by atoms with Crippen molar-refractivity contribution in [3.05, 3.63) is 69.3 Å². The standard InChI is InChI=1S/C15H15NO3/c1-11-7-8-12(2)13(9-11)10-19-15-6-4-3-5-14(15)16(17)18/h3-9H,10H2,1-2H3. The van der Waals surface area contributed by atoms with Gasteiger partial charge in [-0.15, -0.1) is 0 Å². The van der Waals surface area contributed by atoms with Gasteiger partial charge in [0.2, 0.25) is 0 Å². The molecule has 0 fully saturated rings. The molecular formula is C15H15NO3. The molecule has 0 spiro atoms. The Hall–Kier alpha value is -2.36. The van der Waals surface area contributed by atoms with E-state index in [0.717, 1.165) is 16.7 Å². The van der Waals surface area contributed by atoms with E-state index in [2.05, 4.69) is 0 Å². The minimum absolute atomic E-state index is 0.00666. The van der Waals surface area contributed by atoms with E-state index in [0.29, 0.717) is 12.4 Å². The number of nitrogens with zero attached hydrogens (tertiary/aromatic N) is 1. The Kier molecular flexibility index (Phi) is 3.80. The summed E-state index contributed by atoms with van der Waals surface area (Å²) in [5.41, 5.74) is 3.29. The summed E-state index contributed by atoms with van der Waals surface area (Å²) in [6, 6.07) is 12.5. The summed E-state index contributed by atoms with van der Waals surface area (Å²) in [4.78, 5) is 10.4. The molecule has 0 heterocycles. The highest BCUT2D eigenvalue weighted by Crippen LogP contribution is 2.27. The molecule has 2 aromatic carbocycles. The van der Waals surface area contributed by atoms with Crippen LogP contribution >= 0.6 is 0 Å². The van der Waals surface area contributed by atoms with Gasteiger partial charge in [0.25, 0.3) is 0 Å². The number of hydrogen-bond donors (Lipinski definition) is 0. The van der Waals surface area contributed by atoms with Gasteiger partial charge in [-0.2, -0.15) is 0 Å². The van der Waals surface area contributed by atoms with Crippen molar-refractivity contribution in [3.63, 3.8) is 0 Å². The summed E-state index contributed by atoms with van der Waals surface area (Å²) in [6.07, 6.45) is 0. The third-order valence-corrected chi connectivity index (χ3v) is 2.95. The molecule has 0 bridgehead atoms. The van der Waals surface area contributed by atoms with Crippen molar-refractivity contribution in [1.29, 1.82) is 0 Å². The van der Waals surface area contributed by atoms with Gasteiger partial charge in [0, 0.05) is 6.07 Å². The summed E-state index contributed by atoms with van der Waals surface area (Å²) < 4.78 is 5.58. The third kappa shape index (κ3) is 3.10. The van der Waals surface area contributed by atoms with Crippen molar-refractivity contribution < 1.29 is 9.66 Å². The Balaban J connectivity index is 2.19. The lowest BCUT2D eigenvalue weighted by molar-refractivity contribution is -0.385. The SMILES string of the molecule is Cc1ccc(C)c(COc2ccccc2[N+](=O)[O-])c1. The first kappa shape index (κ1) is 13.1. The zero-order valence-electron chi connectivity index (χ0n) is 10.9. The number of aryl methyl sites for hydroxylation is 2. The molecule has 4 heteroatoms. The van der Waals surface area contributed by atoms with Crippen LogP contribution in [0.4, 0.5) is 5.69 Å². The summed E-state index contributed by atoms with van der Waals surface area (Å²) in [7, 11) is 0. The lowest BCUT2D eigenvalue weighted by Gasteiger charge is -2.09. The molecule has 0 saturated heterocycles. The second-order valence-corrected chi connectivity index (χ2v) is 4.44. The fourth-order valence-electron chi connectivity index (χ4n) is 1.84. The van der Waals surface area contributed by atoms with Gasteiger partial charge >= 0.3 is 5.69 Å². The molecule has 0 aromatic heterocycles. The maximum atomic E-state index is 10.9. The normalized spacial score (nSPS) is 10.2. The Labute approximate surface area is 111 Å². The zero-order chi connectivity index (χ0) is 13.8. The van der Waals surface area contributed by atoms with Gasteiger partial charge in [-0.25, -0.2) is 0 Å². The van der Waals surface area contributed by atoms with Crippen LogP contribution in [0.5, 0.6) is 5.75 Å². The van der Waals surface area contributed by atoms with Crippen LogP contribution in [0.2, 0.25) is 0 Å². The number of rotatable bonds is 4. The predicted octanol–water partition coefficient (Wildman–Crippen LogP) is 3.79. The molecule has 0 saturated carbocycles. The second kappa shape index (κ2) is 5.52. The Bertz CT molecular complexity index is 608. The number of nitro benzene ring substituents is 1. The first-order valence-electron chi connectivity index (χ1n) is 6.00. The average molecular weight is 257 g/mol. The lowest BCUT2D eigenvalue weighted by atomic mass is 10.1. The predicted molar refractivity (Wildman–Crippen MR) is 73.3 cm³/mol. The molecular weight excluding hydrogens is 242 g/mol. The van der Waals surface area contributed by atoms with Crippen molar-refractivity contribution in [2.45, 2.75) is 20.5 Å². The molecule has 98 valence electrons. The van der Waals surface area contributed by atoms with Crippen LogP contribution in [0.25, 0.3) is 0 Å². The van der Waals surface area contributed by atoms with Crippen molar-refractivity contribution in [3.8, 4) is 5.75 Å². The van der Waals surface area contributed by atoms with Gasteiger partial charge in [0.1, 0.15) is 6.61 Å². The van der Waals surface area contributed by atoms with Crippen molar-refractivity contribution >= 4 is 5.69 Å². The third-order valence-electron chi connectivity index (χ3n) is 2.95. The van der Waals surface area contributed by atoms with E-state index in [9.17, 15) is 10.1 Å². The molecule has 0 unspecified atom stereocenters. The van der Waals surface area contributed by atoms with Crippen LogP contribution in [0.15, 0.2) is 42.5 Å². The van der Waals surface area contributed by atoms with Crippen LogP contribution in [0.3, 0.4) is 0 Å². The van der Waals surface area contributed by atoms with Crippen LogP contribution in [-0.2, 0) is 6.61 Å². The van der Waals surface area contributed by atoms with Crippen molar-refractivity contribution in [1.82, 2.24) is 0 Å². The quantitative estimate of drug-likeness (QED) is 0.618. The highest BCUT2D eigenvalue weighted by atomic mass is 16.6. The Morgan fingerprint density at radius 2 is 1.89 bits per heavy atom. The second-order valence-electron chi connectivity index (χ2n) is 4.44. The van der Waals surface area contributed by atoms with Crippen LogP contribution < -0.4 is 4.74 Å². The highest BCUT2D eigenvalue weighted by molar-refractivity contribution is 5.46. The van der Waals surface area contributed by atoms with Crippen LogP contribution in [-0.4, -0.2) is 4.92 Å². The molecule has 19 heavy (non-hydrogen) atoms. The minimum atomic E-state index is -0.432. The maximum Gasteiger partial charge on any atom is 0.310 e. The molecule has 0 aliphatic heterocycles. The molecule has 4 nitrogen and oxygen atoms in total. The van der Waals surface area contributed by atoms with Crippen LogP contribution in [0.1, 0.15) is 16.7 Å². The molecule has 0 atom stereocenters. The fraction of sp³-hybridized carbons (Fsp3) is 0.200. The van der Waals surface area contributed by atoms with Crippen LogP contribution in [0, 0.1) is 24.0 Å². The highest BCUT2D eigenvalue weighted by Gasteiger charge is 2.13. The topological polar surface area (TPSA) is 52.4 Å². The first-order valence-corrected chi connectivity index (χ1v) is 6.00. The first-order chi connectivity index (χ1) is 9.08. The van der Waals surface area contributed by atoms with E-state index in [1.165, 1.54) is 6.07 Å². The summed E-state index contributed by atoms with van der Waals surface area (Å²) >= 11 is 0. The van der Waals surface area contributed by atoms with Crippen molar-refractivity contribution in [2.75, 3.05) is 0 Å². The number of ether oxygens (including phenoxy) is 1. The Morgan fingerprint density at radius 3 is 2.63 bits per heavy atom. The summed E-state index contributed by atoms with van der Waals surface area (Å²) in [5, 5.41) is 10.9. The van der Waals surface area contributed by atoms with E-state index in [4.69, 9.17) is 4.74 Å². The van der Waals surface area contributed by atoms with Gasteiger partial charge < -0.3 is 4.74 Å². The summed E-state index contributed by atoms with van der Waals surface area (Å²) in [6.45, 7) is 4.34. The van der Waals surface area contributed by atoms with Gasteiger partial charge in [-0.3, -0.25) is 10.1 Å². The van der Waals surface area contributed by atoms with Gasteiger partial charge in [-0.05, 0) is 31.0 Å². The number of hydrogen-bond acceptors (Lipinski definition) is 3. The van der Waals surface area contributed by atoms with E-state index >= 15 is 0 Å². The van der Waals surface area contributed by atoms with Gasteiger partial charge in [-0.1, -0.05) is 35.9 Å².